The van der Waals surface area contributed by atoms with Gasteiger partial charge in [-0.3, -0.25) is 14.9 Å². The Morgan fingerprint density at radius 1 is 1.15 bits per heavy atom. The maximum atomic E-state index is 13.5. The van der Waals surface area contributed by atoms with Crippen LogP contribution in [0.4, 0.5) is 10.1 Å². The zero-order valence-corrected chi connectivity index (χ0v) is 10.2. The number of nitro groups is 1. The molecular weight excluding hydrogens is 265 g/mol. The van der Waals surface area contributed by atoms with E-state index in [9.17, 15) is 19.3 Å². The van der Waals surface area contributed by atoms with Gasteiger partial charge in [0.1, 0.15) is 5.82 Å². The van der Waals surface area contributed by atoms with Crippen molar-refractivity contribution in [1.29, 1.82) is 0 Å². The van der Waals surface area contributed by atoms with Gasteiger partial charge < -0.3 is 5.11 Å². The van der Waals surface area contributed by atoms with E-state index in [2.05, 4.69) is 0 Å². The number of benzene rings is 2. The molecule has 0 fully saturated rings. The second kappa shape index (κ2) is 5.48. The van der Waals surface area contributed by atoms with Crippen molar-refractivity contribution in [2.24, 2.45) is 0 Å². The highest BCUT2D eigenvalue weighted by Crippen LogP contribution is 2.24. The number of nitrogens with zero attached hydrogens (tertiary/aromatic N) is 1. The Balaban J connectivity index is 2.37. The van der Waals surface area contributed by atoms with Gasteiger partial charge in [0.05, 0.1) is 11.3 Å². The van der Waals surface area contributed by atoms with E-state index in [0.29, 0.717) is 11.1 Å². The maximum Gasteiger partial charge on any atom is 0.307 e. The molecule has 0 unspecified atom stereocenters. The number of carboxylic acids is 1. The lowest BCUT2D eigenvalue weighted by atomic mass is 10.0. The molecular formula is C14H10FNO4. The molecule has 5 nitrogen and oxygen atoms in total. The molecule has 0 radical (unpaired) electrons. The van der Waals surface area contributed by atoms with E-state index in [0.717, 1.165) is 0 Å². The number of carboxylic acid groups (broad SMARTS) is 1. The van der Waals surface area contributed by atoms with Crippen LogP contribution in [0.3, 0.4) is 0 Å². The smallest absolute Gasteiger partial charge is 0.307 e. The standard InChI is InChI=1S/C14H10FNO4/c15-13-6-3-10(7-11(13)8-14(17)18)9-1-4-12(5-2-9)16(19)20/h1-7H,8H2,(H,17,18). The van der Waals surface area contributed by atoms with Crippen molar-refractivity contribution in [3.05, 3.63) is 64.0 Å². The van der Waals surface area contributed by atoms with Gasteiger partial charge in [-0.15, -0.1) is 0 Å². The lowest BCUT2D eigenvalue weighted by molar-refractivity contribution is -0.384. The second-order valence-electron chi connectivity index (χ2n) is 4.18. The average Bonchev–Trinajstić information content (AvgIpc) is 2.41. The van der Waals surface area contributed by atoms with Gasteiger partial charge >= 0.3 is 5.97 Å². The Kier molecular flexibility index (Phi) is 3.74. The molecule has 2 aromatic carbocycles. The highest BCUT2D eigenvalue weighted by Gasteiger charge is 2.10. The van der Waals surface area contributed by atoms with Crippen molar-refractivity contribution in [2.45, 2.75) is 6.42 Å². The minimum atomic E-state index is -1.12. The quantitative estimate of drug-likeness (QED) is 0.687. The van der Waals surface area contributed by atoms with Crippen molar-refractivity contribution in [3.8, 4) is 11.1 Å². The molecule has 0 spiro atoms. The summed E-state index contributed by atoms with van der Waals surface area (Å²) in [5, 5.41) is 19.3. The van der Waals surface area contributed by atoms with Crippen LogP contribution in [0.2, 0.25) is 0 Å². The lowest BCUT2D eigenvalue weighted by Gasteiger charge is -2.05. The van der Waals surface area contributed by atoms with Crippen molar-refractivity contribution in [1.82, 2.24) is 0 Å². The molecule has 0 aliphatic carbocycles. The molecule has 2 aromatic rings. The fourth-order valence-electron chi connectivity index (χ4n) is 1.83. The Morgan fingerprint density at radius 3 is 2.30 bits per heavy atom. The van der Waals surface area contributed by atoms with E-state index in [4.69, 9.17) is 5.11 Å². The number of hydrogen-bond acceptors (Lipinski definition) is 3. The van der Waals surface area contributed by atoms with E-state index >= 15 is 0 Å². The van der Waals surface area contributed by atoms with Gasteiger partial charge in [0.25, 0.3) is 5.69 Å². The van der Waals surface area contributed by atoms with Gasteiger partial charge in [-0.05, 0) is 41.0 Å². The molecule has 6 heteroatoms. The molecule has 0 heterocycles. The van der Waals surface area contributed by atoms with Gasteiger partial charge in [-0.25, -0.2) is 4.39 Å². The fourth-order valence-corrected chi connectivity index (χ4v) is 1.83. The van der Waals surface area contributed by atoms with Gasteiger partial charge in [0.2, 0.25) is 0 Å². The summed E-state index contributed by atoms with van der Waals surface area (Å²) < 4.78 is 13.5. The third-order valence-corrected chi connectivity index (χ3v) is 2.80. The van der Waals surface area contributed by atoms with Crippen LogP contribution in [0, 0.1) is 15.9 Å². The van der Waals surface area contributed by atoms with Crippen molar-refractivity contribution < 1.29 is 19.2 Å². The molecule has 102 valence electrons. The summed E-state index contributed by atoms with van der Waals surface area (Å²) in [5.74, 6) is -1.71. The highest BCUT2D eigenvalue weighted by atomic mass is 19.1. The van der Waals surface area contributed by atoms with Gasteiger partial charge in [-0.1, -0.05) is 6.07 Å². The first-order chi connectivity index (χ1) is 9.47. The summed E-state index contributed by atoms with van der Waals surface area (Å²) >= 11 is 0. The van der Waals surface area contributed by atoms with Crippen molar-refractivity contribution in [2.75, 3.05) is 0 Å². The first-order valence-electron chi connectivity index (χ1n) is 5.72. The number of hydrogen-bond donors (Lipinski definition) is 1. The molecule has 0 aliphatic rings. The summed E-state index contributed by atoms with van der Waals surface area (Å²) in [6.07, 6.45) is -0.410. The van der Waals surface area contributed by atoms with E-state index in [-0.39, 0.29) is 11.3 Å². The SMILES string of the molecule is O=C(O)Cc1cc(-c2ccc([N+](=O)[O-])cc2)ccc1F. The van der Waals surface area contributed by atoms with Crippen molar-refractivity contribution in [3.63, 3.8) is 0 Å². The van der Waals surface area contributed by atoms with Gasteiger partial charge in [0, 0.05) is 12.1 Å². The fraction of sp³-hybridized carbons (Fsp3) is 0.0714. The molecule has 1 N–H and O–H groups in total. The third kappa shape index (κ3) is 2.97. The summed E-state index contributed by atoms with van der Waals surface area (Å²) in [6.45, 7) is 0. The zero-order chi connectivity index (χ0) is 14.7. The van der Waals surface area contributed by atoms with Crippen LogP contribution in [0.1, 0.15) is 5.56 Å². The van der Waals surface area contributed by atoms with Crippen LogP contribution in [-0.2, 0) is 11.2 Å². The predicted octanol–water partition coefficient (Wildman–Crippen LogP) is 3.03. The minimum Gasteiger partial charge on any atom is -0.481 e. The maximum absolute atomic E-state index is 13.5. The zero-order valence-electron chi connectivity index (χ0n) is 10.2. The summed E-state index contributed by atoms with van der Waals surface area (Å²) in [7, 11) is 0. The molecule has 0 aliphatic heterocycles. The summed E-state index contributed by atoms with van der Waals surface area (Å²) in [6, 6.07) is 9.89. The first-order valence-corrected chi connectivity index (χ1v) is 5.72. The average molecular weight is 275 g/mol. The minimum absolute atomic E-state index is 0.0402. The third-order valence-electron chi connectivity index (χ3n) is 2.80. The Hall–Kier alpha value is -2.76. The van der Waals surface area contributed by atoms with Crippen LogP contribution in [0.5, 0.6) is 0 Å². The number of non-ortho nitro benzene ring substituents is 1. The highest BCUT2D eigenvalue weighted by molar-refractivity contribution is 5.72. The van der Waals surface area contributed by atoms with Crippen LogP contribution in [-0.4, -0.2) is 16.0 Å². The van der Waals surface area contributed by atoms with E-state index in [1.54, 1.807) is 0 Å². The molecule has 0 saturated carbocycles. The predicted molar refractivity (Wildman–Crippen MR) is 69.8 cm³/mol. The van der Waals surface area contributed by atoms with E-state index in [1.165, 1.54) is 42.5 Å². The molecule has 20 heavy (non-hydrogen) atoms. The van der Waals surface area contributed by atoms with Gasteiger partial charge in [0.15, 0.2) is 0 Å². The molecule has 2 rings (SSSR count). The Bertz CT molecular complexity index is 667. The molecule has 0 saturated heterocycles. The Morgan fingerprint density at radius 2 is 1.75 bits per heavy atom. The van der Waals surface area contributed by atoms with Crippen LogP contribution in [0.25, 0.3) is 11.1 Å². The van der Waals surface area contributed by atoms with E-state index in [1.807, 2.05) is 0 Å². The molecule has 0 atom stereocenters. The Labute approximate surface area is 113 Å². The monoisotopic (exact) mass is 275 g/mol. The van der Waals surface area contributed by atoms with Crippen LogP contribution in [0.15, 0.2) is 42.5 Å². The molecule has 0 amide bonds. The van der Waals surface area contributed by atoms with Crippen LogP contribution >= 0.6 is 0 Å². The topological polar surface area (TPSA) is 80.4 Å². The first kappa shape index (κ1) is 13.7. The largest absolute Gasteiger partial charge is 0.481 e. The van der Waals surface area contributed by atoms with Crippen LogP contribution < -0.4 is 0 Å². The summed E-state index contributed by atoms with van der Waals surface area (Å²) in [5.41, 5.74) is 1.30. The normalized spacial score (nSPS) is 10.2. The number of carbonyl (C=O) groups is 1. The number of nitro benzene ring substituents is 1. The lowest BCUT2D eigenvalue weighted by Crippen LogP contribution is -2.02. The molecule has 0 aromatic heterocycles. The second-order valence-corrected chi connectivity index (χ2v) is 4.18. The molecule has 0 bridgehead atoms. The van der Waals surface area contributed by atoms with E-state index < -0.39 is 23.1 Å². The number of aliphatic carboxylic acids is 1. The van der Waals surface area contributed by atoms with Gasteiger partial charge in [-0.2, -0.15) is 0 Å². The number of halogens is 1. The number of rotatable bonds is 4. The summed E-state index contributed by atoms with van der Waals surface area (Å²) in [4.78, 5) is 20.7. The van der Waals surface area contributed by atoms with Crippen molar-refractivity contribution >= 4 is 11.7 Å².